The van der Waals surface area contributed by atoms with Gasteiger partial charge in [0.05, 0.1) is 0 Å². The van der Waals surface area contributed by atoms with Gasteiger partial charge in [0.25, 0.3) is 0 Å². The van der Waals surface area contributed by atoms with E-state index < -0.39 is 0 Å². The molecule has 0 spiro atoms. The summed E-state index contributed by atoms with van der Waals surface area (Å²) in [5.74, 6) is 6.23. The fourth-order valence-corrected chi connectivity index (χ4v) is 1.20. The zero-order chi connectivity index (χ0) is 11.1. The topological polar surface area (TPSA) is 29.3 Å². The molecule has 2 nitrogen and oxygen atoms in total. The first kappa shape index (κ1) is 11.6. The quantitative estimate of drug-likeness (QED) is 0.598. The van der Waals surface area contributed by atoms with E-state index in [4.69, 9.17) is 5.73 Å². The Labute approximate surface area is 92.1 Å². The molecule has 2 N–H and O–H groups in total. The van der Waals surface area contributed by atoms with E-state index in [9.17, 15) is 0 Å². The summed E-state index contributed by atoms with van der Waals surface area (Å²) in [4.78, 5) is 2.08. The lowest BCUT2D eigenvalue weighted by atomic mass is 10.2. The summed E-state index contributed by atoms with van der Waals surface area (Å²) in [6.07, 6.45) is 1.86. The summed E-state index contributed by atoms with van der Waals surface area (Å²) >= 11 is 0. The molecule has 0 aliphatic carbocycles. The number of anilines is 1. The van der Waals surface area contributed by atoms with Crippen LogP contribution in [0.4, 0.5) is 5.69 Å². The molecule has 0 aliphatic heterocycles. The summed E-state index contributed by atoms with van der Waals surface area (Å²) in [7, 11) is 4.06. The van der Waals surface area contributed by atoms with E-state index >= 15 is 0 Å². The maximum absolute atomic E-state index is 5.39. The van der Waals surface area contributed by atoms with Crippen LogP contribution < -0.4 is 10.6 Å². The van der Waals surface area contributed by atoms with Crippen LogP contribution in [0.5, 0.6) is 0 Å². The van der Waals surface area contributed by atoms with Crippen LogP contribution in [0.2, 0.25) is 0 Å². The summed E-state index contributed by atoms with van der Waals surface area (Å²) in [5, 5.41) is 0. The number of hydrogen-bond acceptors (Lipinski definition) is 2. The van der Waals surface area contributed by atoms with Crippen LogP contribution in [0.1, 0.15) is 18.4 Å². The molecule has 2 heteroatoms. The molecule has 0 heterocycles. The van der Waals surface area contributed by atoms with Gasteiger partial charge in [-0.1, -0.05) is 11.8 Å². The summed E-state index contributed by atoms with van der Waals surface area (Å²) in [6, 6.07) is 8.25. The third kappa shape index (κ3) is 4.05. The molecule has 0 amide bonds. The van der Waals surface area contributed by atoms with Crippen LogP contribution in [0.15, 0.2) is 24.3 Å². The number of rotatable bonds is 3. The molecule has 0 fully saturated rings. The minimum absolute atomic E-state index is 0.717. The standard InChI is InChI=1S/C13H18N2/c1-15(2)13-9-7-12(8-10-13)6-4-3-5-11-14/h7-10H,3,5,11,14H2,1-2H3. The molecule has 0 radical (unpaired) electrons. The molecule has 0 bridgehead atoms. The monoisotopic (exact) mass is 202 g/mol. The van der Waals surface area contributed by atoms with Crippen LogP contribution in [0, 0.1) is 11.8 Å². The van der Waals surface area contributed by atoms with Crippen molar-refractivity contribution in [2.24, 2.45) is 5.73 Å². The largest absolute Gasteiger partial charge is 0.378 e. The predicted molar refractivity (Wildman–Crippen MR) is 65.9 cm³/mol. The molecule has 0 unspecified atom stereocenters. The van der Waals surface area contributed by atoms with Crippen LogP contribution in [-0.2, 0) is 0 Å². The molecule has 0 atom stereocenters. The lowest BCUT2D eigenvalue weighted by Gasteiger charge is -2.11. The van der Waals surface area contributed by atoms with Gasteiger partial charge in [-0.3, -0.25) is 0 Å². The second-order valence-electron chi connectivity index (χ2n) is 3.64. The SMILES string of the molecule is CN(C)c1ccc(C#CCCCN)cc1. The molecule has 15 heavy (non-hydrogen) atoms. The highest BCUT2D eigenvalue weighted by atomic mass is 15.1. The van der Waals surface area contributed by atoms with Gasteiger partial charge in [0.15, 0.2) is 0 Å². The van der Waals surface area contributed by atoms with Crippen molar-refractivity contribution in [3.63, 3.8) is 0 Å². The molecule has 1 aromatic rings. The maximum Gasteiger partial charge on any atom is 0.0361 e. The van der Waals surface area contributed by atoms with E-state index in [0.29, 0.717) is 6.54 Å². The Morgan fingerprint density at radius 1 is 1.20 bits per heavy atom. The van der Waals surface area contributed by atoms with Gasteiger partial charge in [-0.05, 0) is 37.2 Å². The zero-order valence-electron chi connectivity index (χ0n) is 9.46. The Bertz CT molecular complexity index is 341. The average Bonchev–Trinajstić information content (AvgIpc) is 2.25. The number of benzene rings is 1. The van der Waals surface area contributed by atoms with Crippen molar-refractivity contribution in [1.82, 2.24) is 0 Å². The summed E-state index contributed by atoms with van der Waals surface area (Å²) in [5.41, 5.74) is 7.65. The fraction of sp³-hybridized carbons (Fsp3) is 0.385. The molecule has 0 aromatic heterocycles. The van der Waals surface area contributed by atoms with Gasteiger partial charge >= 0.3 is 0 Å². The Kier molecular flexibility index (Phi) is 4.73. The number of hydrogen-bond donors (Lipinski definition) is 1. The second-order valence-corrected chi connectivity index (χ2v) is 3.64. The third-order valence-corrected chi connectivity index (χ3v) is 2.12. The minimum atomic E-state index is 0.717. The number of unbranched alkanes of at least 4 members (excludes halogenated alkanes) is 1. The predicted octanol–water partition coefficient (Wildman–Crippen LogP) is 1.84. The van der Waals surface area contributed by atoms with Gasteiger partial charge in [0.2, 0.25) is 0 Å². The lowest BCUT2D eigenvalue weighted by Crippen LogP contribution is -2.07. The van der Waals surface area contributed by atoms with E-state index in [1.54, 1.807) is 0 Å². The van der Waals surface area contributed by atoms with Crippen molar-refractivity contribution in [3.05, 3.63) is 29.8 Å². The Morgan fingerprint density at radius 2 is 1.87 bits per heavy atom. The molecule has 1 aromatic carbocycles. The Hall–Kier alpha value is -1.46. The highest BCUT2D eigenvalue weighted by Crippen LogP contribution is 2.11. The molecular formula is C13H18N2. The smallest absolute Gasteiger partial charge is 0.0361 e. The van der Waals surface area contributed by atoms with Gasteiger partial charge < -0.3 is 10.6 Å². The van der Waals surface area contributed by atoms with E-state index in [-0.39, 0.29) is 0 Å². The van der Waals surface area contributed by atoms with Gasteiger partial charge in [0, 0.05) is 31.8 Å². The highest BCUT2D eigenvalue weighted by Gasteiger charge is 1.92. The van der Waals surface area contributed by atoms with E-state index in [0.717, 1.165) is 18.4 Å². The first-order valence-electron chi connectivity index (χ1n) is 5.20. The van der Waals surface area contributed by atoms with Crippen molar-refractivity contribution in [2.45, 2.75) is 12.8 Å². The van der Waals surface area contributed by atoms with Crippen LogP contribution >= 0.6 is 0 Å². The summed E-state index contributed by atoms with van der Waals surface area (Å²) in [6.45, 7) is 0.717. The van der Waals surface area contributed by atoms with E-state index in [1.807, 2.05) is 26.2 Å². The average molecular weight is 202 g/mol. The van der Waals surface area contributed by atoms with Crippen molar-refractivity contribution < 1.29 is 0 Å². The molecule has 0 saturated carbocycles. The van der Waals surface area contributed by atoms with Crippen molar-refractivity contribution in [2.75, 3.05) is 25.5 Å². The second kappa shape index (κ2) is 6.10. The van der Waals surface area contributed by atoms with Gasteiger partial charge in [-0.2, -0.15) is 0 Å². The zero-order valence-corrected chi connectivity index (χ0v) is 9.46. The first-order valence-corrected chi connectivity index (χ1v) is 5.20. The molecule has 0 saturated heterocycles. The normalized spacial score (nSPS) is 9.27. The van der Waals surface area contributed by atoms with Crippen molar-refractivity contribution in [3.8, 4) is 11.8 Å². The summed E-state index contributed by atoms with van der Waals surface area (Å²) < 4.78 is 0. The van der Waals surface area contributed by atoms with Crippen LogP contribution in [-0.4, -0.2) is 20.6 Å². The molecule has 0 aliphatic rings. The van der Waals surface area contributed by atoms with Gasteiger partial charge in [-0.15, -0.1) is 0 Å². The van der Waals surface area contributed by atoms with Crippen molar-refractivity contribution in [1.29, 1.82) is 0 Å². The lowest BCUT2D eigenvalue weighted by molar-refractivity contribution is 0.870. The third-order valence-electron chi connectivity index (χ3n) is 2.12. The number of nitrogens with zero attached hydrogens (tertiary/aromatic N) is 1. The number of nitrogens with two attached hydrogens (primary N) is 1. The van der Waals surface area contributed by atoms with Crippen LogP contribution in [0.25, 0.3) is 0 Å². The van der Waals surface area contributed by atoms with Crippen LogP contribution in [0.3, 0.4) is 0 Å². The minimum Gasteiger partial charge on any atom is -0.378 e. The Balaban J connectivity index is 2.59. The maximum atomic E-state index is 5.39. The van der Waals surface area contributed by atoms with E-state index in [2.05, 4.69) is 28.9 Å². The highest BCUT2D eigenvalue weighted by molar-refractivity contribution is 5.49. The van der Waals surface area contributed by atoms with Gasteiger partial charge in [0.1, 0.15) is 0 Å². The first-order chi connectivity index (χ1) is 7.24. The van der Waals surface area contributed by atoms with Gasteiger partial charge in [-0.25, -0.2) is 0 Å². The van der Waals surface area contributed by atoms with E-state index in [1.165, 1.54) is 5.69 Å². The molecule has 1 rings (SSSR count). The molecule has 80 valence electrons. The van der Waals surface area contributed by atoms with Crippen molar-refractivity contribution >= 4 is 5.69 Å². The molecular weight excluding hydrogens is 184 g/mol. The Morgan fingerprint density at radius 3 is 2.40 bits per heavy atom. The fourth-order valence-electron chi connectivity index (χ4n) is 1.20.